The summed E-state index contributed by atoms with van der Waals surface area (Å²) in [5, 5.41) is 2.98. The van der Waals surface area contributed by atoms with Crippen molar-refractivity contribution in [2.45, 2.75) is 6.92 Å². The summed E-state index contributed by atoms with van der Waals surface area (Å²) in [5.74, 6) is 0.597. The van der Waals surface area contributed by atoms with Gasteiger partial charge in [0.25, 0.3) is 0 Å². The summed E-state index contributed by atoms with van der Waals surface area (Å²) in [6.45, 7) is 1.52. The van der Waals surface area contributed by atoms with Crippen LogP contribution >= 0.6 is 0 Å². The molecule has 0 fully saturated rings. The van der Waals surface area contributed by atoms with E-state index in [1.165, 1.54) is 13.0 Å². The van der Waals surface area contributed by atoms with Crippen LogP contribution in [-0.2, 0) is 0 Å². The van der Waals surface area contributed by atoms with E-state index in [0.717, 1.165) is 5.69 Å². The Morgan fingerprint density at radius 1 is 1.05 bits per heavy atom. The van der Waals surface area contributed by atoms with E-state index < -0.39 is 0 Å². The van der Waals surface area contributed by atoms with E-state index in [4.69, 9.17) is 4.74 Å². The lowest BCUT2D eigenvalue weighted by molar-refractivity contribution is 0.101. The fourth-order valence-electron chi connectivity index (χ4n) is 1.89. The molecule has 4 heteroatoms. The Kier molecular flexibility index (Phi) is 5.09. The van der Waals surface area contributed by atoms with Gasteiger partial charge in [-0.3, -0.25) is 9.59 Å². The Balaban J connectivity index is 2.00. The fraction of sp³-hybridized carbons (Fsp3) is 0.111. The first-order valence-electron chi connectivity index (χ1n) is 6.82. The lowest BCUT2D eigenvalue weighted by atomic mass is 10.1. The smallest absolute Gasteiger partial charge is 0.187 e. The predicted molar refractivity (Wildman–Crippen MR) is 86.5 cm³/mol. The quantitative estimate of drug-likeness (QED) is 0.652. The molecule has 2 aromatic rings. The molecule has 0 spiro atoms. The average Bonchev–Trinajstić information content (AvgIpc) is 2.55. The van der Waals surface area contributed by atoms with Gasteiger partial charge in [0.1, 0.15) is 5.75 Å². The minimum atomic E-state index is -0.113. The van der Waals surface area contributed by atoms with Crippen LogP contribution < -0.4 is 10.1 Å². The van der Waals surface area contributed by atoms with Gasteiger partial charge in [0.2, 0.25) is 0 Å². The van der Waals surface area contributed by atoms with Crippen LogP contribution in [0.15, 0.2) is 60.8 Å². The molecular weight excluding hydrogens is 278 g/mol. The molecule has 0 aliphatic carbocycles. The predicted octanol–water partition coefficient (Wildman–Crippen LogP) is 3.71. The summed E-state index contributed by atoms with van der Waals surface area (Å²) < 4.78 is 5.05. The van der Waals surface area contributed by atoms with Crippen LogP contribution in [0.3, 0.4) is 0 Å². The number of hydrogen-bond acceptors (Lipinski definition) is 4. The average molecular weight is 295 g/mol. The van der Waals surface area contributed by atoms with E-state index in [2.05, 4.69) is 5.32 Å². The summed E-state index contributed by atoms with van der Waals surface area (Å²) in [6.07, 6.45) is 3.01. The molecule has 0 heterocycles. The summed E-state index contributed by atoms with van der Waals surface area (Å²) in [7, 11) is 1.58. The molecule has 0 unspecified atom stereocenters. The second-order valence-electron chi connectivity index (χ2n) is 4.71. The highest BCUT2D eigenvalue weighted by molar-refractivity contribution is 6.04. The number of carbonyl (C=O) groups excluding carboxylic acids is 2. The first-order chi connectivity index (χ1) is 10.6. The van der Waals surface area contributed by atoms with E-state index in [-0.39, 0.29) is 11.6 Å². The van der Waals surface area contributed by atoms with Gasteiger partial charge < -0.3 is 10.1 Å². The third kappa shape index (κ3) is 4.06. The third-order valence-corrected chi connectivity index (χ3v) is 3.13. The molecule has 0 radical (unpaired) electrons. The van der Waals surface area contributed by atoms with Gasteiger partial charge in [-0.05, 0) is 43.3 Å². The number of Topliss-reactive ketones (excluding diaryl/α,β-unsaturated/α-hetero) is 1. The van der Waals surface area contributed by atoms with Crippen LogP contribution in [-0.4, -0.2) is 18.7 Å². The van der Waals surface area contributed by atoms with Gasteiger partial charge in [0.05, 0.1) is 7.11 Å². The number of methoxy groups -OCH3 is 1. The highest BCUT2D eigenvalue weighted by Gasteiger charge is 2.02. The van der Waals surface area contributed by atoms with E-state index >= 15 is 0 Å². The molecule has 0 saturated carbocycles. The second-order valence-corrected chi connectivity index (χ2v) is 4.71. The van der Waals surface area contributed by atoms with Crippen LogP contribution in [0.25, 0.3) is 0 Å². The second kappa shape index (κ2) is 7.22. The van der Waals surface area contributed by atoms with Crippen molar-refractivity contribution in [2.75, 3.05) is 12.4 Å². The van der Waals surface area contributed by atoms with Gasteiger partial charge >= 0.3 is 0 Å². The largest absolute Gasteiger partial charge is 0.497 e. The van der Waals surface area contributed by atoms with Crippen molar-refractivity contribution in [2.24, 2.45) is 0 Å². The number of ether oxygens (including phenoxy) is 1. The van der Waals surface area contributed by atoms with Gasteiger partial charge in [-0.15, -0.1) is 0 Å². The van der Waals surface area contributed by atoms with Gasteiger partial charge in [0, 0.05) is 29.1 Å². The van der Waals surface area contributed by atoms with Crippen molar-refractivity contribution in [3.8, 4) is 5.75 Å². The number of rotatable bonds is 6. The Bertz CT molecular complexity index is 703. The molecule has 0 atom stereocenters. The molecule has 2 rings (SSSR count). The minimum Gasteiger partial charge on any atom is -0.497 e. The number of ketones is 2. The van der Waals surface area contributed by atoms with Crippen LogP contribution in [0, 0.1) is 0 Å². The van der Waals surface area contributed by atoms with E-state index in [1.807, 2.05) is 6.07 Å². The molecule has 0 aliphatic rings. The summed E-state index contributed by atoms with van der Waals surface area (Å²) in [6, 6.07) is 14.0. The van der Waals surface area contributed by atoms with E-state index in [9.17, 15) is 9.59 Å². The number of carbonyl (C=O) groups is 2. The van der Waals surface area contributed by atoms with Crippen LogP contribution in [0.5, 0.6) is 5.75 Å². The maximum absolute atomic E-state index is 12.0. The molecule has 1 N–H and O–H groups in total. The maximum Gasteiger partial charge on any atom is 0.187 e. The topological polar surface area (TPSA) is 55.4 Å². The Morgan fingerprint density at radius 3 is 2.41 bits per heavy atom. The highest BCUT2D eigenvalue weighted by Crippen LogP contribution is 2.13. The zero-order valence-corrected chi connectivity index (χ0v) is 12.5. The van der Waals surface area contributed by atoms with E-state index in [0.29, 0.717) is 16.9 Å². The maximum atomic E-state index is 12.0. The zero-order chi connectivity index (χ0) is 15.9. The van der Waals surface area contributed by atoms with Crippen molar-refractivity contribution < 1.29 is 14.3 Å². The SMILES string of the molecule is COc1ccc(C(=O)/C=C\Nc2cccc(C(C)=O)c2)cc1. The molecule has 2 aromatic carbocycles. The number of benzene rings is 2. The normalized spacial score (nSPS) is 10.5. The number of allylic oxidation sites excluding steroid dienone is 1. The van der Waals surface area contributed by atoms with Crippen LogP contribution in [0.2, 0.25) is 0 Å². The van der Waals surface area contributed by atoms with Gasteiger partial charge in [-0.25, -0.2) is 0 Å². The summed E-state index contributed by atoms with van der Waals surface area (Å²) >= 11 is 0. The molecule has 4 nitrogen and oxygen atoms in total. The molecule has 0 aromatic heterocycles. The Labute approximate surface area is 129 Å². The number of hydrogen-bond donors (Lipinski definition) is 1. The standard InChI is InChI=1S/C18H17NO3/c1-13(20)15-4-3-5-16(12-15)19-11-10-18(21)14-6-8-17(22-2)9-7-14/h3-12,19H,1-2H3/b11-10-. The first kappa shape index (κ1) is 15.5. The molecule has 0 saturated heterocycles. The Hall–Kier alpha value is -2.88. The van der Waals surface area contributed by atoms with Gasteiger partial charge in [0.15, 0.2) is 11.6 Å². The van der Waals surface area contributed by atoms with Crippen molar-refractivity contribution in [1.82, 2.24) is 0 Å². The monoisotopic (exact) mass is 295 g/mol. The molecule has 0 aliphatic heterocycles. The third-order valence-electron chi connectivity index (χ3n) is 3.13. The van der Waals surface area contributed by atoms with Crippen molar-refractivity contribution >= 4 is 17.3 Å². The number of nitrogens with one attached hydrogen (secondary N) is 1. The molecule has 112 valence electrons. The summed E-state index contributed by atoms with van der Waals surface area (Å²) in [4.78, 5) is 23.3. The van der Waals surface area contributed by atoms with Crippen molar-refractivity contribution in [1.29, 1.82) is 0 Å². The molecular formula is C18H17NO3. The fourth-order valence-corrected chi connectivity index (χ4v) is 1.89. The molecule has 0 bridgehead atoms. The van der Waals surface area contributed by atoms with Gasteiger partial charge in [-0.1, -0.05) is 12.1 Å². The van der Waals surface area contributed by atoms with Crippen LogP contribution in [0.1, 0.15) is 27.6 Å². The van der Waals surface area contributed by atoms with Crippen LogP contribution in [0.4, 0.5) is 5.69 Å². The lowest BCUT2D eigenvalue weighted by Crippen LogP contribution is -1.97. The highest BCUT2D eigenvalue weighted by atomic mass is 16.5. The summed E-state index contributed by atoms with van der Waals surface area (Å²) in [5.41, 5.74) is 1.96. The van der Waals surface area contributed by atoms with E-state index in [1.54, 1.807) is 55.8 Å². The van der Waals surface area contributed by atoms with Gasteiger partial charge in [-0.2, -0.15) is 0 Å². The molecule has 0 amide bonds. The van der Waals surface area contributed by atoms with Crippen molar-refractivity contribution in [3.05, 3.63) is 71.9 Å². The lowest BCUT2D eigenvalue weighted by Gasteiger charge is -2.03. The van der Waals surface area contributed by atoms with Crippen molar-refractivity contribution in [3.63, 3.8) is 0 Å². The Morgan fingerprint density at radius 2 is 1.77 bits per heavy atom. The number of anilines is 1. The first-order valence-corrected chi connectivity index (χ1v) is 6.82. The molecule has 22 heavy (non-hydrogen) atoms. The zero-order valence-electron chi connectivity index (χ0n) is 12.5. The minimum absolute atomic E-state index is 0.00180.